The first-order valence-electron chi connectivity index (χ1n) is 8.90. The summed E-state index contributed by atoms with van der Waals surface area (Å²) in [6, 6.07) is 12.8. The second-order valence-corrected chi connectivity index (χ2v) is 6.71. The molecular weight excluding hydrogens is 360 g/mol. The molecule has 0 saturated heterocycles. The Balaban J connectivity index is 2.03. The molecule has 0 bridgehead atoms. The van der Waals surface area contributed by atoms with Crippen LogP contribution in [0.25, 0.3) is 0 Å². The molecule has 2 aromatic rings. The SMILES string of the molecule is Cc1ccccc1C(=O)NC(C(=O)Nc1ccc(OCC(=O)O)cc1)C(C)C. The quantitative estimate of drug-likeness (QED) is 0.649. The van der Waals surface area contributed by atoms with Gasteiger partial charge in [-0.2, -0.15) is 0 Å². The monoisotopic (exact) mass is 384 g/mol. The Labute approximate surface area is 163 Å². The van der Waals surface area contributed by atoms with Crippen LogP contribution in [0.2, 0.25) is 0 Å². The summed E-state index contributed by atoms with van der Waals surface area (Å²) in [5.41, 5.74) is 1.88. The predicted molar refractivity (Wildman–Crippen MR) is 105 cm³/mol. The minimum atomic E-state index is -1.07. The lowest BCUT2D eigenvalue weighted by atomic mass is 10.0. The Morgan fingerprint density at radius 1 is 1.04 bits per heavy atom. The molecule has 0 aliphatic carbocycles. The number of carbonyl (C=O) groups excluding carboxylic acids is 2. The zero-order valence-electron chi connectivity index (χ0n) is 16.1. The van der Waals surface area contributed by atoms with Crippen LogP contribution >= 0.6 is 0 Å². The Morgan fingerprint density at radius 2 is 1.68 bits per heavy atom. The number of carbonyl (C=O) groups is 3. The number of ether oxygens (including phenoxy) is 1. The zero-order chi connectivity index (χ0) is 20.7. The molecule has 0 fully saturated rings. The molecule has 0 saturated carbocycles. The largest absolute Gasteiger partial charge is 0.482 e. The van der Waals surface area contributed by atoms with E-state index in [1.807, 2.05) is 32.9 Å². The van der Waals surface area contributed by atoms with Gasteiger partial charge in [0.1, 0.15) is 11.8 Å². The van der Waals surface area contributed by atoms with Crippen molar-refractivity contribution in [3.63, 3.8) is 0 Å². The molecule has 7 nitrogen and oxygen atoms in total. The van der Waals surface area contributed by atoms with Crippen LogP contribution in [0.4, 0.5) is 5.69 Å². The maximum atomic E-state index is 12.7. The van der Waals surface area contributed by atoms with Crippen LogP contribution in [0.15, 0.2) is 48.5 Å². The first-order chi connectivity index (χ1) is 13.3. The van der Waals surface area contributed by atoms with E-state index in [9.17, 15) is 14.4 Å². The highest BCUT2D eigenvalue weighted by molar-refractivity contribution is 6.01. The Bertz CT molecular complexity index is 846. The van der Waals surface area contributed by atoms with Crippen molar-refractivity contribution in [2.45, 2.75) is 26.8 Å². The second kappa shape index (κ2) is 9.55. The standard InChI is InChI=1S/C21H24N2O5/c1-13(2)19(23-20(26)17-7-5-4-6-14(17)3)21(27)22-15-8-10-16(11-9-15)28-12-18(24)25/h4-11,13,19H,12H2,1-3H3,(H,22,27)(H,23,26)(H,24,25). The van der Waals surface area contributed by atoms with E-state index < -0.39 is 18.6 Å². The van der Waals surface area contributed by atoms with Crippen LogP contribution in [0.1, 0.15) is 29.8 Å². The topological polar surface area (TPSA) is 105 Å². The Hall–Kier alpha value is -3.35. The molecule has 2 amide bonds. The summed E-state index contributed by atoms with van der Waals surface area (Å²) in [6.07, 6.45) is 0. The number of hydrogen-bond acceptors (Lipinski definition) is 4. The van der Waals surface area contributed by atoms with Gasteiger partial charge in [0.15, 0.2) is 6.61 Å². The summed E-state index contributed by atoms with van der Waals surface area (Å²) in [7, 11) is 0. The third kappa shape index (κ3) is 5.84. The summed E-state index contributed by atoms with van der Waals surface area (Å²) < 4.78 is 5.06. The van der Waals surface area contributed by atoms with E-state index >= 15 is 0 Å². The molecule has 3 N–H and O–H groups in total. The molecule has 148 valence electrons. The average molecular weight is 384 g/mol. The normalized spacial score (nSPS) is 11.6. The highest BCUT2D eigenvalue weighted by Crippen LogP contribution is 2.17. The highest BCUT2D eigenvalue weighted by Gasteiger charge is 2.25. The fraction of sp³-hybridized carbons (Fsp3) is 0.286. The number of amides is 2. The number of carboxylic acid groups (broad SMARTS) is 1. The van der Waals surface area contributed by atoms with Gasteiger partial charge in [0.25, 0.3) is 5.91 Å². The average Bonchev–Trinajstić information content (AvgIpc) is 2.65. The van der Waals surface area contributed by atoms with Crippen LogP contribution in [0, 0.1) is 12.8 Å². The zero-order valence-corrected chi connectivity index (χ0v) is 16.1. The van der Waals surface area contributed by atoms with Gasteiger partial charge in [0.05, 0.1) is 0 Å². The van der Waals surface area contributed by atoms with Gasteiger partial charge in [-0.05, 0) is 48.7 Å². The lowest BCUT2D eigenvalue weighted by Gasteiger charge is -2.22. The summed E-state index contributed by atoms with van der Waals surface area (Å²) in [6.45, 7) is 5.11. The van der Waals surface area contributed by atoms with E-state index in [1.165, 1.54) is 0 Å². The van der Waals surface area contributed by atoms with E-state index in [1.54, 1.807) is 36.4 Å². The molecule has 28 heavy (non-hydrogen) atoms. The number of rotatable bonds is 8. The molecule has 0 heterocycles. The molecule has 0 radical (unpaired) electrons. The predicted octanol–water partition coefficient (Wildman–Crippen LogP) is 2.85. The van der Waals surface area contributed by atoms with Gasteiger partial charge in [-0.15, -0.1) is 0 Å². The van der Waals surface area contributed by atoms with Crippen molar-refractivity contribution < 1.29 is 24.2 Å². The summed E-state index contributed by atoms with van der Waals surface area (Å²) in [4.78, 5) is 35.7. The number of nitrogens with one attached hydrogen (secondary N) is 2. The summed E-state index contributed by atoms with van der Waals surface area (Å²) in [5.74, 6) is -1.44. The molecule has 2 rings (SSSR count). The van der Waals surface area contributed by atoms with Crippen molar-refractivity contribution in [1.82, 2.24) is 5.32 Å². The van der Waals surface area contributed by atoms with Gasteiger partial charge in [0.2, 0.25) is 5.91 Å². The number of benzene rings is 2. The lowest BCUT2D eigenvalue weighted by molar-refractivity contribution is -0.139. The van der Waals surface area contributed by atoms with Gasteiger partial charge in [-0.25, -0.2) is 4.79 Å². The van der Waals surface area contributed by atoms with E-state index in [-0.39, 0.29) is 17.7 Å². The first-order valence-corrected chi connectivity index (χ1v) is 8.90. The van der Waals surface area contributed by atoms with E-state index in [0.717, 1.165) is 5.56 Å². The van der Waals surface area contributed by atoms with Gasteiger partial charge in [0, 0.05) is 11.3 Å². The van der Waals surface area contributed by atoms with Crippen LogP contribution in [-0.4, -0.2) is 35.5 Å². The Kier molecular flexibility index (Phi) is 7.14. The van der Waals surface area contributed by atoms with Gasteiger partial charge in [-0.1, -0.05) is 32.0 Å². The van der Waals surface area contributed by atoms with Crippen molar-refractivity contribution in [3.05, 3.63) is 59.7 Å². The smallest absolute Gasteiger partial charge is 0.341 e. The molecule has 0 aliphatic heterocycles. The minimum absolute atomic E-state index is 0.119. The van der Waals surface area contributed by atoms with Crippen molar-refractivity contribution in [3.8, 4) is 5.75 Å². The van der Waals surface area contributed by atoms with E-state index in [0.29, 0.717) is 17.0 Å². The molecule has 2 aromatic carbocycles. The minimum Gasteiger partial charge on any atom is -0.482 e. The highest BCUT2D eigenvalue weighted by atomic mass is 16.5. The Morgan fingerprint density at radius 3 is 2.25 bits per heavy atom. The number of aliphatic carboxylic acids is 1. The third-order valence-corrected chi connectivity index (χ3v) is 4.11. The molecule has 0 aliphatic rings. The van der Waals surface area contributed by atoms with Gasteiger partial charge < -0.3 is 20.5 Å². The summed E-state index contributed by atoms with van der Waals surface area (Å²) >= 11 is 0. The molecule has 7 heteroatoms. The van der Waals surface area contributed by atoms with Crippen molar-refractivity contribution in [2.75, 3.05) is 11.9 Å². The van der Waals surface area contributed by atoms with Crippen molar-refractivity contribution >= 4 is 23.5 Å². The fourth-order valence-electron chi connectivity index (χ4n) is 2.58. The van der Waals surface area contributed by atoms with Crippen LogP contribution < -0.4 is 15.4 Å². The maximum absolute atomic E-state index is 12.7. The van der Waals surface area contributed by atoms with Crippen molar-refractivity contribution in [2.24, 2.45) is 5.92 Å². The van der Waals surface area contributed by atoms with Crippen LogP contribution in [-0.2, 0) is 9.59 Å². The molecular formula is C21H24N2O5. The second-order valence-electron chi connectivity index (χ2n) is 6.71. The van der Waals surface area contributed by atoms with Gasteiger partial charge >= 0.3 is 5.97 Å². The fourth-order valence-corrected chi connectivity index (χ4v) is 2.58. The van der Waals surface area contributed by atoms with E-state index in [2.05, 4.69) is 10.6 Å². The number of aryl methyl sites for hydroxylation is 1. The maximum Gasteiger partial charge on any atom is 0.341 e. The molecule has 1 atom stereocenters. The molecule has 0 aromatic heterocycles. The van der Waals surface area contributed by atoms with E-state index in [4.69, 9.17) is 9.84 Å². The van der Waals surface area contributed by atoms with Crippen molar-refractivity contribution in [1.29, 1.82) is 0 Å². The first kappa shape index (κ1) is 21.0. The van der Waals surface area contributed by atoms with Crippen LogP contribution in [0.3, 0.4) is 0 Å². The number of anilines is 1. The van der Waals surface area contributed by atoms with Crippen LogP contribution in [0.5, 0.6) is 5.75 Å². The number of hydrogen-bond donors (Lipinski definition) is 3. The third-order valence-electron chi connectivity index (χ3n) is 4.11. The summed E-state index contributed by atoms with van der Waals surface area (Å²) in [5, 5.41) is 14.2. The molecule has 0 spiro atoms. The lowest BCUT2D eigenvalue weighted by Crippen LogP contribution is -2.47. The number of carboxylic acids is 1. The molecule has 1 unspecified atom stereocenters. The van der Waals surface area contributed by atoms with Gasteiger partial charge in [-0.3, -0.25) is 9.59 Å².